The molecule has 15 heavy (non-hydrogen) atoms. The van der Waals surface area contributed by atoms with Crippen molar-refractivity contribution in [3.05, 3.63) is 0 Å². The summed E-state index contributed by atoms with van der Waals surface area (Å²) in [5.74, 6) is 1.65. The Kier molecular flexibility index (Phi) is 5.68. The summed E-state index contributed by atoms with van der Waals surface area (Å²) < 4.78 is 24.4. The maximum absolute atomic E-state index is 12.2. The van der Waals surface area contributed by atoms with Crippen LogP contribution in [0.3, 0.4) is 0 Å². The van der Waals surface area contributed by atoms with E-state index in [1.807, 2.05) is 0 Å². The molecule has 1 amide bonds. The van der Waals surface area contributed by atoms with Crippen molar-refractivity contribution in [3.63, 3.8) is 0 Å². The molecule has 0 spiro atoms. The highest BCUT2D eigenvalue weighted by atomic mass is 35.5. The highest BCUT2D eigenvalue weighted by molar-refractivity contribution is 7.99. The van der Waals surface area contributed by atoms with Crippen molar-refractivity contribution in [2.24, 2.45) is 5.92 Å². The van der Waals surface area contributed by atoms with Gasteiger partial charge in [0.25, 0.3) is 6.43 Å². The maximum Gasteiger partial charge on any atom is 0.255 e. The van der Waals surface area contributed by atoms with E-state index in [1.54, 1.807) is 11.8 Å². The number of nitrogens with zero attached hydrogens (tertiary/aromatic N) is 1. The zero-order valence-corrected chi connectivity index (χ0v) is 9.87. The van der Waals surface area contributed by atoms with Gasteiger partial charge in [0.2, 0.25) is 5.91 Å². The van der Waals surface area contributed by atoms with E-state index in [-0.39, 0.29) is 24.2 Å². The molecule has 0 aromatic carbocycles. The van der Waals surface area contributed by atoms with Crippen molar-refractivity contribution >= 4 is 29.3 Å². The number of amides is 1. The number of hydrogen-bond acceptors (Lipinski definition) is 2. The molecule has 0 saturated carbocycles. The van der Waals surface area contributed by atoms with Gasteiger partial charge in [0, 0.05) is 24.1 Å². The molecule has 1 aliphatic rings. The van der Waals surface area contributed by atoms with E-state index >= 15 is 0 Å². The Balaban J connectivity index is 2.49. The van der Waals surface area contributed by atoms with Crippen LogP contribution in [0.1, 0.15) is 6.42 Å². The summed E-state index contributed by atoms with van der Waals surface area (Å²) in [6.07, 6.45) is -1.68. The lowest BCUT2D eigenvalue weighted by Gasteiger charge is -2.24. The summed E-state index contributed by atoms with van der Waals surface area (Å²) in [5.41, 5.74) is 0. The highest BCUT2D eigenvalue weighted by Crippen LogP contribution is 2.25. The lowest BCUT2D eigenvalue weighted by Crippen LogP contribution is -2.40. The topological polar surface area (TPSA) is 20.3 Å². The van der Waals surface area contributed by atoms with Crippen LogP contribution in [-0.4, -0.2) is 47.7 Å². The second-order valence-electron chi connectivity index (χ2n) is 3.42. The Morgan fingerprint density at radius 3 is 2.80 bits per heavy atom. The Labute approximate surface area is 97.3 Å². The lowest BCUT2D eigenvalue weighted by atomic mass is 10.1. The fourth-order valence-corrected chi connectivity index (χ4v) is 2.96. The zero-order chi connectivity index (χ0) is 11.3. The van der Waals surface area contributed by atoms with Crippen molar-refractivity contribution in [2.45, 2.75) is 12.8 Å². The van der Waals surface area contributed by atoms with Gasteiger partial charge >= 0.3 is 0 Å². The van der Waals surface area contributed by atoms with Crippen LogP contribution in [0.4, 0.5) is 8.78 Å². The number of hydrogen-bond donors (Lipinski definition) is 0. The molecule has 1 rings (SSSR count). The second-order valence-corrected chi connectivity index (χ2v) is 4.95. The Hall–Kier alpha value is -0.0300. The molecule has 0 aromatic heterocycles. The van der Waals surface area contributed by atoms with Crippen LogP contribution < -0.4 is 0 Å². The largest absolute Gasteiger partial charge is 0.336 e. The second kappa shape index (κ2) is 6.53. The molecule has 0 N–H and O–H groups in total. The number of carbonyl (C=O) groups is 1. The molecule has 0 aromatic rings. The molecule has 1 unspecified atom stereocenters. The molecule has 88 valence electrons. The average molecular weight is 258 g/mol. The zero-order valence-electron chi connectivity index (χ0n) is 8.29. The molecule has 0 radical (unpaired) electrons. The van der Waals surface area contributed by atoms with Crippen LogP contribution in [0.25, 0.3) is 0 Å². The highest BCUT2D eigenvalue weighted by Gasteiger charge is 2.28. The van der Waals surface area contributed by atoms with Gasteiger partial charge in [-0.2, -0.15) is 11.8 Å². The first-order chi connectivity index (χ1) is 7.15. The summed E-state index contributed by atoms with van der Waals surface area (Å²) >= 11 is 7.18. The standard InChI is InChI=1S/C9H14ClF2NOS/c10-2-3-13(5-8(11)12)9(14)7-1-4-15-6-7/h7-8H,1-6H2. The van der Waals surface area contributed by atoms with Gasteiger partial charge in [-0.05, 0) is 12.2 Å². The number of alkyl halides is 3. The first-order valence-electron chi connectivity index (χ1n) is 4.85. The Morgan fingerprint density at radius 1 is 1.60 bits per heavy atom. The summed E-state index contributed by atoms with van der Waals surface area (Å²) in [4.78, 5) is 13.0. The molecular weight excluding hydrogens is 244 g/mol. The average Bonchev–Trinajstić information content (AvgIpc) is 2.68. The first kappa shape index (κ1) is 13.0. The number of halogens is 3. The molecule has 0 aliphatic carbocycles. The van der Waals surface area contributed by atoms with Crippen molar-refractivity contribution in [1.29, 1.82) is 0 Å². The van der Waals surface area contributed by atoms with E-state index in [0.717, 1.165) is 17.9 Å². The quantitative estimate of drug-likeness (QED) is 0.703. The van der Waals surface area contributed by atoms with Gasteiger partial charge in [0.1, 0.15) is 0 Å². The van der Waals surface area contributed by atoms with E-state index in [1.165, 1.54) is 4.90 Å². The smallest absolute Gasteiger partial charge is 0.255 e. The van der Waals surface area contributed by atoms with E-state index in [0.29, 0.717) is 0 Å². The third-order valence-corrected chi connectivity index (χ3v) is 3.63. The van der Waals surface area contributed by atoms with Crippen molar-refractivity contribution in [3.8, 4) is 0 Å². The summed E-state index contributed by atoms with van der Waals surface area (Å²) in [5, 5.41) is 0. The SMILES string of the molecule is O=C(C1CCSC1)N(CCCl)CC(F)F. The molecule has 1 fully saturated rings. The van der Waals surface area contributed by atoms with Crippen molar-refractivity contribution in [2.75, 3.05) is 30.5 Å². The van der Waals surface area contributed by atoms with E-state index in [9.17, 15) is 13.6 Å². The summed E-state index contributed by atoms with van der Waals surface area (Å²) in [6.45, 7) is -0.279. The van der Waals surface area contributed by atoms with Gasteiger partial charge in [-0.15, -0.1) is 11.6 Å². The minimum absolute atomic E-state index is 0.0861. The first-order valence-corrected chi connectivity index (χ1v) is 6.54. The maximum atomic E-state index is 12.2. The van der Waals surface area contributed by atoms with Crippen molar-refractivity contribution in [1.82, 2.24) is 4.90 Å². The summed E-state index contributed by atoms with van der Waals surface area (Å²) in [7, 11) is 0. The molecule has 0 bridgehead atoms. The normalized spacial score (nSPS) is 20.9. The van der Waals surface area contributed by atoms with Gasteiger partial charge in [-0.25, -0.2) is 8.78 Å². The predicted molar refractivity (Wildman–Crippen MR) is 58.7 cm³/mol. The van der Waals surface area contributed by atoms with Gasteiger partial charge in [0.15, 0.2) is 0 Å². The lowest BCUT2D eigenvalue weighted by molar-refractivity contribution is -0.136. The number of carbonyl (C=O) groups excluding carboxylic acids is 1. The summed E-state index contributed by atoms with van der Waals surface area (Å²) in [6, 6.07) is 0. The number of rotatable bonds is 5. The van der Waals surface area contributed by atoms with E-state index in [2.05, 4.69) is 0 Å². The molecule has 1 saturated heterocycles. The van der Waals surface area contributed by atoms with Crippen LogP contribution in [0, 0.1) is 5.92 Å². The monoisotopic (exact) mass is 257 g/mol. The van der Waals surface area contributed by atoms with Crippen LogP contribution in [0.5, 0.6) is 0 Å². The van der Waals surface area contributed by atoms with Gasteiger partial charge < -0.3 is 4.90 Å². The third-order valence-electron chi connectivity index (χ3n) is 2.30. The van der Waals surface area contributed by atoms with Gasteiger partial charge in [-0.3, -0.25) is 4.79 Å². The molecule has 1 atom stereocenters. The van der Waals surface area contributed by atoms with Gasteiger partial charge in [0.05, 0.1) is 6.54 Å². The fourth-order valence-electron chi connectivity index (χ4n) is 1.55. The molecule has 6 heteroatoms. The van der Waals surface area contributed by atoms with Gasteiger partial charge in [-0.1, -0.05) is 0 Å². The van der Waals surface area contributed by atoms with Crippen molar-refractivity contribution < 1.29 is 13.6 Å². The van der Waals surface area contributed by atoms with Crippen LogP contribution >= 0.6 is 23.4 Å². The molecule has 2 nitrogen and oxygen atoms in total. The Bertz CT molecular complexity index is 212. The van der Waals surface area contributed by atoms with E-state index < -0.39 is 13.0 Å². The molecule has 1 aliphatic heterocycles. The van der Waals surface area contributed by atoms with E-state index in [4.69, 9.17) is 11.6 Å². The minimum Gasteiger partial charge on any atom is -0.336 e. The fraction of sp³-hybridized carbons (Fsp3) is 0.889. The van der Waals surface area contributed by atoms with Crippen LogP contribution in [-0.2, 0) is 4.79 Å². The minimum atomic E-state index is -2.48. The van der Waals surface area contributed by atoms with Crippen LogP contribution in [0.2, 0.25) is 0 Å². The molecular formula is C9H14ClF2NOS. The van der Waals surface area contributed by atoms with Crippen LogP contribution in [0.15, 0.2) is 0 Å². The third kappa shape index (κ3) is 4.15. The Morgan fingerprint density at radius 2 is 2.33 bits per heavy atom. The number of thioether (sulfide) groups is 1. The molecule has 1 heterocycles. The predicted octanol–water partition coefficient (Wildman–Crippen LogP) is 2.07.